The summed E-state index contributed by atoms with van der Waals surface area (Å²) >= 11 is 0. The number of rotatable bonds is 6. The molecule has 0 aliphatic rings. The van der Waals surface area contributed by atoms with Crippen LogP contribution in [0.15, 0.2) is 41.5 Å². The monoisotopic (exact) mass is 343 g/mol. The third-order valence-corrected chi connectivity index (χ3v) is 3.33. The number of nitro groups is 1. The van der Waals surface area contributed by atoms with E-state index in [2.05, 4.69) is 10.5 Å². The number of nitro benzene ring substituents is 1. The van der Waals surface area contributed by atoms with Crippen LogP contribution in [0.3, 0.4) is 0 Å². The van der Waals surface area contributed by atoms with Crippen molar-refractivity contribution in [1.82, 2.24) is 5.43 Å². The number of aryl methyl sites for hydroxylation is 1. The third kappa shape index (κ3) is 4.54. The summed E-state index contributed by atoms with van der Waals surface area (Å²) in [5.41, 5.74) is 3.39. The molecule has 1 amide bonds. The van der Waals surface area contributed by atoms with E-state index in [1.165, 1.54) is 30.5 Å². The van der Waals surface area contributed by atoms with Crippen molar-refractivity contribution in [2.24, 2.45) is 5.10 Å². The minimum absolute atomic E-state index is 0.00926. The highest BCUT2D eigenvalue weighted by Gasteiger charge is 2.14. The average Bonchev–Trinajstić information content (AvgIpc) is 2.58. The Bertz CT molecular complexity index is 833. The maximum absolute atomic E-state index is 12.0. The minimum Gasteiger partial charge on any atom is -0.504 e. The smallest absolute Gasteiger partial charge is 0.273 e. The Labute approximate surface area is 143 Å². The van der Waals surface area contributed by atoms with Crippen molar-refractivity contribution < 1.29 is 19.6 Å². The Morgan fingerprint density at radius 3 is 2.80 bits per heavy atom. The summed E-state index contributed by atoms with van der Waals surface area (Å²) in [4.78, 5) is 22.4. The molecule has 0 aliphatic carbocycles. The van der Waals surface area contributed by atoms with Gasteiger partial charge in [-0.25, -0.2) is 5.43 Å². The molecule has 2 aromatic carbocycles. The van der Waals surface area contributed by atoms with Gasteiger partial charge in [-0.05, 0) is 43.7 Å². The van der Waals surface area contributed by atoms with Crippen molar-refractivity contribution in [3.05, 3.63) is 63.2 Å². The number of phenols is 1. The van der Waals surface area contributed by atoms with Crippen molar-refractivity contribution >= 4 is 17.8 Å². The zero-order valence-corrected chi connectivity index (χ0v) is 13.7. The van der Waals surface area contributed by atoms with Crippen LogP contribution in [0, 0.1) is 17.0 Å². The first-order chi connectivity index (χ1) is 11.9. The number of aromatic hydroxyl groups is 1. The standard InChI is InChI=1S/C17H17N3O5/c1-3-25-16-8-12(5-7-15(16)21)10-18-19-17(22)13-6-4-11(2)14(9-13)20(23)24/h4-10,21H,3H2,1-2H3,(H,19,22)/b18-10+. The molecule has 25 heavy (non-hydrogen) atoms. The molecule has 130 valence electrons. The predicted molar refractivity (Wildman–Crippen MR) is 92.2 cm³/mol. The molecule has 2 rings (SSSR count). The van der Waals surface area contributed by atoms with Gasteiger partial charge in [0.15, 0.2) is 11.5 Å². The quantitative estimate of drug-likeness (QED) is 0.475. The van der Waals surface area contributed by atoms with Crippen molar-refractivity contribution in [3.8, 4) is 11.5 Å². The molecule has 0 aromatic heterocycles. The number of ether oxygens (including phenoxy) is 1. The fraction of sp³-hybridized carbons (Fsp3) is 0.176. The highest BCUT2D eigenvalue weighted by atomic mass is 16.6. The van der Waals surface area contributed by atoms with Crippen molar-refractivity contribution in [2.45, 2.75) is 13.8 Å². The zero-order chi connectivity index (χ0) is 18.4. The number of carbonyl (C=O) groups excluding carboxylic acids is 1. The first-order valence-electron chi connectivity index (χ1n) is 7.46. The van der Waals surface area contributed by atoms with E-state index in [0.29, 0.717) is 23.5 Å². The van der Waals surface area contributed by atoms with Crippen molar-refractivity contribution in [2.75, 3.05) is 6.61 Å². The molecule has 8 heteroatoms. The maximum Gasteiger partial charge on any atom is 0.273 e. The lowest BCUT2D eigenvalue weighted by atomic mass is 10.1. The number of hydrogen-bond donors (Lipinski definition) is 2. The first-order valence-corrected chi connectivity index (χ1v) is 7.46. The molecule has 0 aliphatic heterocycles. The van der Waals surface area contributed by atoms with Crippen LogP contribution in [0.4, 0.5) is 5.69 Å². The summed E-state index contributed by atoms with van der Waals surface area (Å²) < 4.78 is 5.26. The van der Waals surface area contributed by atoms with Crippen LogP contribution < -0.4 is 10.2 Å². The summed E-state index contributed by atoms with van der Waals surface area (Å²) in [5, 5.41) is 24.4. The maximum atomic E-state index is 12.0. The fourth-order valence-corrected chi connectivity index (χ4v) is 2.06. The lowest BCUT2D eigenvalue weighted by molar-refractivity contribution is -0.385. The molecule has 0 spiro atoms. The zero-order valence-electron chi connectivity index (χ0n) is 13.7. The number of carbonyl (C=O) groups is 1. The van der Waals surface area contributed by atoms with Crippen molar-refractivity contribution in [1.29, 1.82) is 0 Å². The molecule has 0 bridgehead atoms. The third-order valence-electron chi connectivity index (χ3n) is 3.33. The molecular weight excluding hydrogens is 326 g/mol. The Hall–Kier alpha value is -3.42. The molecule has 8 nitrogen and oxygen atoms in total. The van der Waals surface area contributed by atoms with Gasteiger partial charge >= 0.3 is 0 Å². The summed E-state index contributed by atoms with van der Waals surface area (Å²) in [5.74, 6) is -0.245. The van der Waals surface area contributed by atoms with Crippen LogP contribution in [0.2, 0.25) is 0 Å². The first kappa shape index (κ1) is 17.9. The van der Waals surface area contributed by atoms with E-state index in [4.69, 9.17) is 4.74 Å². The lowest BCUT2D eigenvalue weighted by Crippen LogP contribution is -2.17. The van der Waals surface area contributed by atoms with Crippen molar-refractivity contribution in [3.63, 3.8) is 0 Å². The minimum atomic E-state index is -0.567. The van der Waals surface area contributed by atoms with E-state index in [9.17, 15) is 20.0 Å². The summed E-state index contributed by atoms with van der Waals surface area (Å²) in [6.45, 7) is 3.79. The molecule has 0 saturated carbocycles. The van der Waals surface area contributed by atoms with E-state index < -0.39 is 10.8 Å². The summed E-state index contributed by atoms with van der Waals surface area (Å²) in [6.07, 6.45) is 1.38. The fourth-order valence-electron chi connectivity index (χ4n) is 2.06. The van der Waals surface area contributed by atoms with Gasteiger partial charge in [-0.2, -0.15) is 5.10 Å². The van der Waals surface area contributed by atoms with Crippen LogP contribution in [0.25, 0.3) is 0 Å². The second-order valence-electron chi connectivity index (χ2n) is 5.12. The molecule has 0 fully saturated rings. The Kier molecular flexibility index (Phi) is 5.67. The van der Waals surface area contributed by atoms with E-state index in [1.54, 1.807) is 26.0 Å². The van der Waals surface area contributed by atoms with Crippen LogP contribution in [-0.2, 0) is 0 Å². The SMILES string of the molecule is CCOc1cc(/C=N/NC(=O)c2ccc(C)c([N+](=O)[O-])c2)ccc1O. The van der Waals surface area contributed by atoms with Gasteiger partial charge in [0.1, 0.15) is 0 Å². The average molecular weight is 343 g/mol. The van der Waals surface area contributed by atoms with E-state index in [-0.39, 0.29) is 17.0 Å². The van der Waals surface area contributed by atoms with Crippen LogP contribution >= 0.6 is 0 Å². The summed E-state index contributed by atoms with van der Waals surface area (Å²) in [7, 11) is 0. The predicted octanol–water partition coefficient (Wildman–Crippen LogP) is 2.77. The molecule has 0 heterocycles. The molecule has 0 radical (unpaired) electrons. The number of amides is 1. The molecular formula is C17H17N3O5. The van der Waals surface area contributed by atoms with Gasteiger partial charge in [0.2, 0.25) is 0 Å². The van der Waals surface area contributed by atoms with Crippen LogP contribution in [-0.4, -0.2) is 28.8 Å². The Balaban J connectivity index is 2.09. The van der Waals surface area contributed by atoms with Gasteiger partial charge in [-0.3, -0.25) is 14.9 Å². The van der Waals surface area contributed by atoms with Gasteiger partial charge < -0.3 is 9.84 Å². The molecule has 2 aromatic rings. The topological polar surface area (TPSA) is 114 Å². The van der Waals surface area contributed by atoms with Gasteiger partial charge in [0.05, 0.1) is 17.7 Å². The highest BCUT2D eigenvalue weighted by Crippen LogP contribution is 2.26. The normalized spacial score (nSPS) is 10.6. The van der Waals surface area contributed by atoms with Gasteiger partial charge in [0.25, 0.3) is 11.6 Å². The molecule has 2 N–H and O–H groups in total. The van der Waals surface area contributed by atoms with Gasteiger partial charge in [-0.15, -0.1) is 0 Å². The number of nitrogens with zero attached hydrogens (tertiary/aromatic N) is 2. The second-order valence-corrected chi connectivity index (χ2v) is 5.12. The lowest BCUT2D eigenvalue weighted by Gasteiger charge is -2.06. The molecule has 0 unspecified atom stereocenters. The molecule has 0 atom stereocenters. The summed E-state index contributed by atoms with van der Waals surface area (Å²) in [6, 6.07) is 8.83. The highest BCUT2D eigenvalue weighted by molar-refractivity contribution is 5.95. The van der Waals surface area contributed by atoms with Gasteiger partial charge in [-0.1, -0.05) is 6.07 Å². The van der Waals surface area contributed by atoms with E-state index in [1.807, 2.05) is 0 Å². The Morgan fingerprint density at radius 1 is 1.36 bits per heavy atom. The van der Waals surface area contributed by atoms with E-state index in [0.717, 1.165) is 0 Å². The van der Waals surface area contributed by atoms with Crippen LogP contribution in [0.5, 0.6) is 11.5 Å². The van der Waals surface area contributed by atoms with Gasteiger partial charge in [0, 0.05) is 17.2 Å². The largest absolute Gasteiger partial charge is 0.504 e. The number of hydrogen-bond acceptors (Lipinski definition) is 6. The number of hydrazone groups is 1. The number of phenolic OH excluding ortho intramolecular Hbond substituents is 1. The molecule has 0 saturated heterocycles. The van der Waals surface area contributed by atoms with Crippen LogP contribution in [0.1, 0.15) is 28.4 Å². The second kappa shape index (κ2) is 7.91. The number of nitrogens with one attached hydrogen (secondary N) is 1. The Morgan fingerprint density at radius 2 is 2.12 bits per heavy atom. The number of benzene rings is 2. The van der Waals surface area contributed by atoms with E-state index >= 15 is 0 Å².